The van der Waals surface area contributed by atoms with E-state index < -0.39 is 0 Å². The van der Waals surface area contributed by atoms with Crippen LogP contribution in [0.1, 0.15) is 32.8 Å². The molecule has 5 nitrogen and oxygen atoms in total. The average molecular weight is 352 g/mol. The van der Waals surface area contributed by atoms with Crippen molar-refractivity contribution in [2.45, 2.75) is 39.8 Å². The average Bonchev–Trinajstić information content (AvgIpc) is 2.56. The fourth-order valence-electron chi connectivity index (χ4n) is 2.59. The van der Waals surface area contributed by atoms with Gasteiger partial charge in [-0.25, -0.2) is 4.39 Å². The lowest BCUT2D eigenvalue weighted by Crippen LogP contribution is -2.39. The third kappa shape index (κ3) is 7.30. The third-order valence-corrected chi connectivity index (χ3v) is 4.02. The van der Waals surface area contributed by atoms with Crippen LogP contribution in [-0.2, 0) is 11.3 Å². The number of halogens is 1. The zero-order chi connectivity index (χ0) is 18.8. The van der Waals surface area contributed by atoms with Gasteiger partial charge in [-0.1, -0.05) is 19.9 Å². The minimum absolute atomic E-state index is 0.219. The normalized spacial score (nSPS) is 13.0. The predicted octanol–water partition coefficient (Wildman–Crippen LogP) is 3.01. The monoisotopic (exact) mass is 352 g/mol. The molecule has 1 aromatic rings. The summed E-state index contributed by atoms with van der Waals surface area (Å²) in [5.74, 6) is 0.967. The summed E-state index contributed by atoms with van der Waals surface area (Å²) in [6.45, 7) is 8.37. The number of benzene rings is 1. The Bertz CT molecular complexity index is 546. The van der Waals surface area contributed by atoms with E-state index >= 15 is 0 Å². The molecule has 1 atom stereocenters. The van der Waals surface area contributed by atoms with E-state index in [4.69, 9.17) is 4.74 Å². The number of hydrogen-bond donors (Lipinski definition) is 2. The summed E-state index contributed by atoms with van der Waals surface area (Å²) in [6, 6.07) is 5.26. The van der Waals surface area contributed by atoms with Gasteiger partial charge in [0.15, 0.2) is 5.96 Å². The molecule has 6 heteroatoms. The summed E-state index contributed by atoms with van der Waals surface area (Å²) in [5, 5.41) is 6.50. The maximum absolute atomic E-state index is 14.0. The second-order valence-electron chi connectivity index (χ2n) is 6.56. The molecule has 0 fully saturated rings. The van der Waals surface area contributed by atoms with Crippen molar-refractivity contribution in [3.05, 3.63) is 29.6 Å². The first-order chi connectivity index (χ1) is 11.9. The van der Waals surface area contributed by atoms with Crippen LogP contribution in [0.3, 0.4) is 0 Å². The molecule has 0 saturated heterocycles. The number of guanidine groups is 1. The smallest absolute Gasteiger partial charge is 0.191 e. The highest BCUT2D eigenvalue weighted by Gasteiger charge is 2.13. The van der Waals surface area contributed by atoms with Crippen molar-refractivity contribution in [3.63, 3.8) is 0 Å². The third-order valence-electron chi connectivity index (χ3n) is 4.02. The zero-order valence-corrected chi connectivity index (χ0v) is 16.4. The van der Waals surface area contributed by atoms with E-state index in [0.29, 0.717) is 24.1 Å². The minimum Gasteiger partial charge on any atom is -0.378 e. The van der Waals surface area contributed by atoms with Gasteiger partial charge in [0.05, 0.1) is 11.8 Å². The number of anilines is 1. The Kier molecular flexibility index (Phi) is 9.27. The van der Waals surface area contributed by atoms with E-state index in [-0.39, 0.29) is 11.9 Å². The fraction of sp³-hybridized carbons (Fsp3) is 0.632. The first-order valence-corrected chi connectivity index (χ1v) is 8.90. The molecule has 0 spiro atoms. The number of ether oxygens (including phenoxy) is 1. The maximum Gasteiger partial charge on any atom is 0.191 e. The number of nitrogens with zero attached hydrogens (tertiary/aromatic N) is 2. The van der Waals surface area contributed by atoms with Gasteiger partial charge in [0, 0.05) is 40.8 Å². The Morgan fingerprint density at radius 1 is 1.28 bits per heavy atom. The van der Waals surface area contributed by atoms with E-state index in [9.17, 15) is 4.39 Å². The van der Waals surface area contributed by atoms with E-state index in [1.165, 1.54) is 0 Å². The lowest BCUT2D eigenvalue weighted by Gasteiger charge is -2.21. The lowest BCUT2D eigenvalue weighted by atomic mass is 10.0. The van der Waals surface area contributed by atoms with Crippen LogP contribution in [0.2, 0.25) is 0 Å². The Labute approximate surface area is 151 Å². The number of nitrogens with one attached hydrogen (secondary N) is 2. The first kappa shape index (κ1) is 21.2. The number of rotatable bonds is 9. The molecule has 0 aliphatic carbocycles. The van der Waals surface area contributed by atoms with Crippen molar-refractivity contribution in [1.29, 1.82) is 0 Å². The van der Waals surface area contributed by atoms with Gasteiger partial charge in [-0.2, -0.15) is 0 Å². The van der Waals surface area contributed by atoms with Crippen LogP contribution in [0.5, 0.6) is 0 Å². The first-order valence-electron chi connectivity index (χ1n) is 8.90. The van der Waals surface area contributed by atoms with Crippen molar-refractivity contribution < 1.29 is 9.13 Å². The van der Waals surface area contributed by atoms with Crippen LogP contribution in [0, 0.1) is 11.7 Å². The van der Waals surface area contributed by atoms with E-state index in [2.05, 4.69) is 29.5 Å². The van der Waals surface area contributed by atoms with Gasteiger partial charge >= 0.3 is 0 Å². The molecule has 0 bridgehead atoms. The second-order valence-corrected chi connectivity index (χ2v) is 6.56. The van der Waals surface area contributed by atoms with E-state index in [1.54, 1.807) is 24.1 Å². The number of aliphatic imine (C=N–C) groups is 1. The molecule has 1 aromatic carbocycles. The summed E-state index contributed by atoms with van der Waals surface area (Å²) in [6.07, 6.45) is 1.15. The molecule has 1 unspecified atom stereocenters. The molecule has 1 rings (SSSR count). The molecular weight excluding hydrogens is 319 g/mol. The van der Waals surface area contributed by atoms with Crippen molar-refractivity contribution in [2.24, 2.45) is 10.9 Å². The van der Waals surface area contributed by atoms with Crippen LogP contribution >= 0.6 is 0 Å². The van der Waals surface area contributed by atoms with Gasteiger partial charge in [0.25, 0.3) is 0 Å². The quantitative estimate of drug-likeness (QED) is 0.530. The maximum atomic E-state index is 14.0. The predicted molar refractivity (Wildman–Crippen MR) is 104 cm³/mol. The molecule has 142 valence electrons. The zero-order valence-electron chi connectivity index (χ0n) is 16.4. The van der Waals surface area contributed by atoms with Gasteiger partial charge in [-0.3, -0.25) is 4.99 Å². The molecule has 0 radical (unpaired) electrons. The van der Waals surface area contributed by atoms with Crippen molar-refractivity contribution in [2.75, 3.05) is 39.2 Å². The Morgan fingerprint density at radius 3 is 2.52 bits per heavy atom. The van der Waals surface area contributed by atoms with Crippen LogP contribution in [0.15, 0.2) is 23.2 Å². The molecule has 0 heterocycles. The minimum atomic E-state index is -0.219. The summed E-state index contributed by atoms with van der Waals surface area (Å²) >= 11 is 0. The fourth-order valence-corrected chi connectivity index (χ4v) is 2.59. The summed E-state index contributed by atoms with van der Waals surface area (Å²) in [4.78, 5) is 5.97. The van der Waals surface area contributed by atoms with Crippen molar-refractivity contribution in [3.8, 4) is 0 Å². The van der Waals surface area contributed by atoms with Crippen LogP contribution < -0.4 is 15.5 Å². The van der Waals surface area contributed by atoms with Gasteiger partial charge in [0.1, 0.15) is 5.82 Å². The summed E-state index contributed by atoms with van der Waals surface area (Å²) in [5.41, 5.74) is 1.46. The summed E-state index contributed by atoms with van der Waals surface area (Å²) in [7, 11) is 5.39. The van der Waals surface area contributed by atoms with Gasteiger partial charge in [0.2, 0.25) is 0 Å². The molecule has 25 heavy (non-hydrogen) atoms. The number of hydrogen-bond acceptors (Lipinski definition) is 3. The molecule has 0 aromatic heterocycles. The van der Waals surface area contributed by atoms with Crippen LogP contribution in [0.25, 0.3) is 0 Å². The molecule has 2 N–H and O–H groups in total. The molecule has 0 aliphatic rings. The summed E-state index contributed by atoms with van der Waals surface area (Å²) < 4.78 is 19.8. The molecular formula is C19H33FN4O. The largest absolute Gasteiger partial charge is 0.378 e. The second kappa shape index (κ2) is 10.9. The topological polar surface area (TPSA) is 48.9 Å². The molecule has 0 aliphatic heterocycles. The standard InChI is InChI=1S/C19H33FN4O/c1-7-25-18(14(2)3)10-11-22-19(21-4)23-13-15-8-9-17(24(5)6)16(20)12-15/h8-9,12,14,18H,7,10-11,13H2,1-6H3,(H2,21,22,23). The van der Waals surface area contributed by atoms with E-state index in [0.717, 1.165) is 25.1 Å². The highest BCUT2D eigenvalue weighted by Crippen LogP contribution is 2.18. The van der Waals surface area contributed by atoms with Gasteiger partial charge < -0.3 is 20.3 Å². The highest BCUT2D eigenvalue weighted by atomic mass is 19.1. The SMILES string of the molecule is CCOC(CCNC(=NC)NCc1ccc(N(C)C)c(F)c1)C(C)C. The Hall–Kier alpha value is -1.82. The molecule has 0 saturated carbocycles. The Morgan fingerprint density at radius 2 is 2.00 bits per heavy atom. The van der Waals surface area contributed by atoms with Crippen molar-refractivity contribution in [1.82, 2.24) is 10.6 Å². The van der Waals surface area contributed by atoms with Crippen LogP contribution in [-0.4, -0.2) is 46.4 Å². The Balaban J connectivity index is 2.48. The highest BCUT2D eigenvalue weighted by molar-refractivity contribution is 5.79. The lowest BCUT2D eigenvalue weighted by molar-refractivity contribution is 0.0258. The van der Waals surface area contributed by atoms with Crippen LogP contribution in [0.4, 0.5) is 10.1 Å². The molecule has 0 amide bonds. The van der Waals surface area contributed by atoms with E-state index in [1.807, 2.05) is 27.1 Å². The van der Waals surface area contributed by atoms with Gasteiger partial charge in [-0.15, -0.1) is 0 Å². The van der Waals surface area contributed by atoms with Crippen molar-refractivity contribution >= 4 is 11.6 Å². The van der Waals surface area contributed by atoms with Gasteiger partial charge in [-0.05, 0) is 37.0 Å².